The van der Waals surface area contributed by atoms with E-state index in [4.69, 9.17) is 10.5 Å². The van der Waals surface area contributed by atoms with Crippen LogP contribution in [0, 0.1) is 0 Å². The summed E-state index contributed by atoms with van der Waals surface area (Å²) in [6.45, 7) is 1.92. The Morgan fingerprint density at radius 3 is 2.81 bits per heavy atom. The maximum atomic E-state index is 5.85. The van der Waals surface area contributed by atoms with Gasteiger partial charge in [0.2, 0.25) is 0 Å². The molecule has 1 atom stereocenters. The molecule has 0 radical (unpaired) electrons. The number of benzene rings is 1. The Kier molecular flexibility index (Phi) is 2.87. The third kappa shape index (κ3) is 1.90. The zero-order valence-corrected chi connectivity index (χ0v) is 9.29. The van der Waals surface area contributed by atoms with Gasteiger partial charge in [-0.3, -0.25) is 0 Å². The highest BCUT2D eigenvalue weighted by atomic mass is 16.5. The lowest BCUT2D eigenvalue weighted by Gasteiger charge is -2.04. The van der Waals surface area contributed by atoms with Crippen molar-refractivity contribution in [1.82, 2.24) is 15.0 Å². The molecule has 2 aromatic rings. The monoisotopic (exact) mass is 218 g/mol. The fourth-order valence-corrected chi connectivity index (χ4v) is 1.40. The van der Waals surface area contributed by atoms with Crippen LogP contribution in [-0.4, -0.2) is 22.1 Å². The van der Waals surface area contributed by atoms with Gasteiger partial charge in [-0.25, -0.2) is 4.68 Å². The van der Waals surface area contributed by atoms with Crippen molar-refractivity contribution in [3.05, 3.63) is 36.2 Å². The molecule has 1 aromatic carbocycles. The van der Waals surface area contributed by atoms with Crippen LogP contribution in [0.1, 0.15) is 18.7 Å². The molecule has 2 rings (SSSR count). The summed E-state index contributed by atoms with van der Waals surface area (Å²) >= 11 is 0. The lowest BCUT2D eigenvalue weighted by atomic mass is 10.2. The topological polar surface area (TPSA) is 66.0 Å². The minimum absolute atomic E-state index is 0.0707. The molecular formula is C11H14N4O. The van der Waals surface area contributed by atoms with E-state index in [1.165, 1.54) is 0 Å². The van der Waals surface area contributed by atoms with Crippen LogP contribution in [0.5, 0.6) is 0 Å². The molecule has 0 amide bonds. The number of aromatic nitrogens is 3. The van der Waals surface area contributed by atoms with Crippen molar-refractivity contribution in [1.29, 1.82) is 0 Å². The molecule has 0 aliphatic heterocycles. The SMILES string of the molecule is COC(C)c1cn(-c2ccccc2N)nn1. The quantitative estimate of drug-likeness (QED) is 0.794. The summed E-state index contributed by atoms with van der Waals surface area (Å²) in [6.07, 6.45) is 1.75. The highest BCUT2D eigenvalue weighted by Gasteiger charge is 2.10. The molecule has 84 valence electrons. The predicted octanol–water partition coefficient (Wildman–Crippen LogP) is 1.56. The molecule has 1 unspecified atom stereocenters. The lowest BCUT2D eigenvalue weighted by molar-refractivity contribution is 0.116. The van der Waals surface area contributed by atoms with Gasteiger partial charge in [0.15, 0.2) is 0 Å². The second-order valence-corrected chi connectivity index (χ2v) is 3.52. The first kappa shape index (κ1) is 10.6. The molecule has 0 bridgehead atoms. The van der Waals surface area contributed by atoms with Gasteiger partial charge >= 0.3 is 0 Å². The second kappa shape index (κ2) is 4.32. The third-order valence-electron chi connectivity index (χ3n) is 2.46. The molecule has 16 heavy (non-hydrogen) atoms. The standard InChI is InChI=1S/C11H14N4O/c1-8(16-2)10-7-15(14-13-10)11-6-4-3-5-9(11)12/h3-8H,12H2,1-2H3. The average Bonchev–Trinajstić information content (AvgIpc) is 2.78. The molecule has 1 aromatic heterocycles. The molecule has 0 spiro atoms. The minimum Gasteiger partial charge on any atom is -0.397 e. The largest absolute Gasteiger partial charge is 0.397 e. The minimum atomic E-state index is -0.0707. The van der Waals surface area contributed by atoms with Crippen LogP contribution >= 0.6 is 0 Å². The van der Waals surface area contributed by atoms with Gasteiger partial charge in [0.1, 0.15) is 5.69 Å². The van der Waals surface area contributed by atoms with Crippen LogP contribution < -0.4 is 5.73 Å². The number of para-hydroxylation sites is 2. The van der Waals surface area contributed by atoms with E-state index in [2.05, 4.69) is 10.3 Å². The van der Waals surface area contributed by atoms with E-state index in [1.807, 2.05) is 37.4 Å². The molecule has 5 nitrogen and oxygen atoms in total. The molecule has 0 saturated heterocycles. The van der Waals surface area contributed by atoms with E-state index in [-0.39, 0.29) is 6.10 Å². The van der Waals surface area contributed by atoms with Gasteiger partial charge in [-0.1, -0.05) is 17.3 Å². The number of ether oxygens (including phenoxy) is 1. The van der Waals surface area contributed by atoms with Crippen molar-refractivity contribution in [3.63, 3.8) is 0 Å². The van der Waals surface area contributed by atoms with Crippen LogP contribution in [-0.2, 0) is 4.74 Å². The van der Waals surface area contributed by atoms with Gasteiger partial charge in [0.05, 0.1) is 23.7 Å². The number of nitrogens with two attached hydrogens (primary N) is 1. The Morgan fingerprint density at radius 1 is 1.38 bits per heavy atom. The van der Waals surface area contributed by atoms with Crippen molar-refractivity contribution < 1.29 is 4.74 Å². The molecule has 0 aliphatic rings. The number of anilines is 1. The third-order valence-corrected chi connectivity index (χ3v) is 2.46. The Bertz CT molecular complexity index is 480. The summed E-state index contributed by atoms with van der Waals surface area (Å²) in [6, 6.07) is 7.52. The zero-order chi connectivity index (χ0) is 11.5. The summed E-state index contributed by atoms with van der Waals surface area (Å²) in [7, 11) is 1.64. The first-order valence-electron chi connectivity index (χ1n) is 5.02. The van der Waals surface area contributed by atoms with E-state index in [0.717, 1.165) is 11.4 Å². The summed E-state index contributed by atoms with van der Waals surface area (Å²) in [5, 5.41) is 8.06. The highest BCUT2D eigenvalue weighted by molar-refractivity contribution is 5.56. The van der Waals surface area contributed by atoms with Crippen LogP contribution in [0.3, 0.4) is 0 Å². The summed E-state index contributed by atoms with van der Waals surface area (Å²) in [4.78, 5) is 0. The number of rotatable bonds is 3. The smallest absolute Gasteiger partial charge is 0.112 e. The Labute approximate surface area is 93.8 Å². The number of hydrogen-bond donors (Lipinski definition) is 1. The predicted molar refractivity (Wildman–Crippen MR) is 61.2 cm³/mol. The van der Waals surface area contributed by atoms with Gasteiger partial charge in [0, 0.05) is 7.11 Å². The van der Waals surface area contributed by atoms with Crippen LogP contribution in [0.25, 0.3) is 5.69 Å². The van der Waals surface area contributed by atoms with Crippen LogP contribution in [0.15, 0.2) is 30.5 Å². The number of hydrogen-bond acceptors (Lipinski definition) is 4. The van der Waals surface area contributed by atoms with E-state index in [0.29, 0.717) is 5.69 Å². The normalized spacial score (nSPS) is 12.6. The maximum Gasteiger partial charge on any atom is 0.112 e. The van der Waals surface area contributed by atoms with Gasteiger partial charge in [-0.05, 0) is 19.1 Å². The lowest BCUT2D eigenvalue weighted by Crippen LogP contribution is -1.99. The molecule has 0 aliphatic carbocycles. The number of nitrogens with zero attached hydrogens (tertiary/aromatic N) is 3. The molecular weight excluding hydrogens is 204 g/mol. The van der Waals surface area contributed by atoms with Crippen molar-refractivity contribution in [2.45, 2.75) is 13.0 Å². The average molecular weight is 218 g/mol. The first-order valence-corrected chi connectivity index (χ1v) is 5.02. The number of methoxy groups -OCH3 is 1. The van der Waals surface area contributed by atoms with Gasteiger partial charge in [-0.15, -0.1) is 5.10 Å². The van der Waals surface area contributed by atoms with Crippen molar-refractivity contribution in [2.24, 2.45) is 0 Å². The van der Waals surface area contributed by atoms with Gasteiger partial charge in [0.25, 0.3) is 0 Å². The molecule has 1 heterocycles. The Hall–Kier alpha value is -1.88. The van der Waals surface area contributed by atoms with Gasteiger partial charge in [-0.2, -0.15) is 0 Å². The second-order valence-electron chi connectivity index (χ2n) is 3.52. The van der Waals surface area contributed by atoms with Crippen molar-refractivity contribution in [3.8, 4) is 5.69 Å². The molecule has 0 fully saturated rings. The van der Waals surface area contributed by atoms with Crippen molar-refractivity contribution in [2.75, 3.05) is 12.8 Å². The molecule has 0 saturated carbocycles. The van der Waals surface area contributed by atoms with E-state index >= 15 is 0 Å². The van der Waals surface area contributed by atoms with Gasteiger partial charge < -0.3 is 10.5 Å². The van der Waals surface area contributed by atoms with Crippen molar-refractivity contribution >= 4 is 5.69 Å². The summed E-state index contributed by atoms with van der Waals surface area (Å²) < 4.78 is 6.82. The Balaban J connectivity index is 2.35. The van der Waals surface area contributed by atoms with E-state index in [9.17, 15) is 0 Å². The fourth-order valence-electron chi connectivity index (χ4n) is 1.40. The summed E-state index contributed by atoms with van der Waals surface area (Å²) in [5.41, 5.74) is 8.13. The zero-order valence-electron chi connectivity index (χ0n) is 9.29. The molecule has 2 N–H and O–H groups in total. The molecule has 5 heteroatoms. The number of nitrogen functional groups attached to an aromatic ring is 1. The van der Waals surface area contributed by atoms with E-state index in [1.54, 1.807) is 11.8 Å². The summed E-state index contributed by atoms with van der Waals surface area (Å²) in [5.74, 6) is 0. The van der Waals surface area contributed by atoms with Crippen LogP contribution in [0.2, 0.25) is 0 Å². The highest BCUT2D eigenvalue weighted by Crippen LogP contribution is 2.18. The first-order chi connectivity index (χ1) is 7.72. The fraction of sp³-hybridized carbons (Fsp3) is 0.273. The maximum absolute atomic E-state index is 5.85. The van der Waals surface area contributed by atoms with Crippen LogP contribution in [0.4, 0.5) is 5.69 Å². The Morgan fingerprint density at radius 2 is 2.12 bits per heavy atom. The van der Waals surface area contributed by atoms with E-state index < -0.39 is 0 Å².